The van der Waals surface area contributed by atoms with Crippen molar-refractivity contribution in [2.75, 3.05) is 6.61 Å². The number of esters is 1. The van der Waals surface area contributed by atoms with Crippen LogP contribution in [-0.2, 0) is 4.74 Å². The van der Waals surface area contributed by atoms with E-state index in [1.807, 2.05) is 37.3 Å². The first kappa shape index (κ1) is 13.7. The molecule has 0 saturated carbocycles. The Kier molecular flexibility index (Phi) is 4.68. The van der Waals surface area contributed by atoms with Crippen molar-refractivity contribution in [3.63, 3.8) is 0 Å². The van der Waals surface area contributed by atoms with Crippen molar-refractivity contribution in [1.29, 1.82) is 0 Å². The van der Waals surface area contributed by atoms with Crippen LogP contribution in [0, 0.1) is 6.92 Å². The molecule has 0 aliphatic carbocycles. The van der Waals surface area contributed by atoms with E-state index in [9.17, 15) is 4.79 Å². The molecular weight excluding hydrogens is 258 g/mol. The number of unbranched alkanes of at least 4 members (excludes halogenated alkanes) is 1. The van der Waals surface area contributed by atoms with Gasteiger partial charge in [0.25, 0.3) is 0 Å². The number of hydrogen-bond donors (Lipinski definition) is 0. The molecule has 100 valence electrons. The summed E-state index contributed by atoms with van der Waals surface area (Å²) in [5, 5.41) is 0.862. The van der Waals surface area contributed by atoms with E-state index in [1.165, 1.54) is 11.3 Å². The summed E-state index contributed by atoms with van der Waals surface area (Å²) in [5.74, 6) is -0.315. The van der Waals surface area contributed by atoms with Crippen LogP contribution in [0.15, 0.2) is 30.3 Å². The van der Waals surface area contributed by atoms with Crippen molar-refractivity contribution in [3.05, 3.63) is 40.9 Å². The molecule has 19 heavy (non-hydrogen) atoms. The van der Waals surface area contributed by atoms with Gasteiger partial charge in [-0.1, -0.05) is 43.7 Å². The van der Waals surface area contributed by atoms with Gasteiger partial charge in [-0.15, -0.1) is 11.3 Å². The predicted molar refractivity (Wildman–Crippen MR) is 77.5 cm³/mol. The van der Waals surface area contributed by atoms with Crippen molar-refractivity contribution in [3.8, 4) is 10.6 Å². The number of aryl methyl sites for hydroxylation is 1. The Morgan fingerprint density at radius 3 is 2.74 bits per heavy atom. The highest BCUT2D eigenvalue weighted by molar-refractivity contribution is 7.15. The zero-order valence-electron chi connectivity index (χ0n) is 11.2. The number of rotatable bonds is 5. The average molecular weight is 275 g/mol. The lowest BCUT2D eigenvalue weighted by molar-refractivity contribution is 0.0493. The van der Waals surface area contributed by atoms with Gasteiger partial charge in [0.2, 0.25) is 0 Å². The van der Waals surface area contributed by atoms with E-state index >= 15 is 0 Å². The molecule has 0 saturated heterocycles. The molecule has 0 N–H and O–H groups in total. The van der Waals surface area contributed by atoms with Crippen LogP contribution in [0.1, 0.15) is 35.1 Å². The van der Waals surface area contributed by atoms with Crippen LogP contribution < -0.4 is 0 Å². The smallest absolute Gasteiger partial charge is 0.358 e. The summed E-state index contributed by atoms with van der Waals surface area (Å²) in [6, 6.07) is 9.87. The lowest BCUT2D eigenvalue weighted by Crippen LogP contribution is -2.08. The average Bonchev–Trinajstić information content (AvgIpc) is 2.82. The highest BCUT2D eigenvalue weighted by Crippen LogP contribution is 2.27. The minimum Gasteiger partial charge on any atom is -0.461 e. The molecule has 0 unspecified atom stereocenters. The summed E-state index contributed by atoms with van der Waals surface area (Å²) in [6.45, 7) is 4.43. The van der Waals surface area contributed by atoms with E-state index in [4.69, 9.17) is 4.74 Å². The fraction of sp³-hybridized carbons (Fsp3) is 0.333. The topological polar surface area (TPSA) is 39.2 Å². The maximum absolute atomic E-state index is 11.9. The highest BCUT2D eigenvalue weighted by Gasteiger charge is 2.17. The summed E-state index contributed by atoms with van der Waals surface area (Å²) in [6.07, 6.45) is 1.90. The van der Waals surface area contributed by atoms with Gasteiger partial charge in [-0.05, 0) is 13.3 Å². The summed E-state index contributed by atoms with van der Waals surface area (Å²) in [7, 11) is 0. The monoisotopic (exact) mass is 275 g/mol. The first-order valence-corrected chi connectivity index (χ1v) is 7.24. The van der Waals surface area contributed by atoms with Crippen LogP contribution in [-0.4, -0.2) is 17.6 Å². The van der Waals surface area contributed by atoms with Gasteiger partial charge >= 0.3 is 5.97 Å². The van der Waals surface area contributed by atoms with Crippen molar-refractivity contribution >= 4 is 17.3 Å². The largest absolute Gasteiger partial charge is 0.461 e. The molecule has 4 heteroatoms. The molecule has 2 rings (SSSR count). The molecule has 2 aromatic rings. The number of carbonyl (C=O) groups is 1. The molecule has 0 atom stereocenters. The van der Waals surface area contributed by atoms with Crippen molar-refractivity contribution < 1.29 is 9.53 Å². The SMILES string of the molecule is CCCCOC(=O)c1nc(-c2ccccc2)sc1C. The van der Waals surface area contributed by atoms with Gasteiger partial charge in [0.15, 0.2) is 5.69 Å². The van der Waals surface area contributed by atoms with E-state index in [2.05, 4.69) is 11.9 Å². The van der Waals surface area contributed by atoms with Crippen LogP contribution in [0.3, 0.4) is 0 Å². The van der Waals surface area contributed by atoms with Gasteiger partial charge in [0.05, 0.1) is 6.61 Å². The number of carbonyl (C=O) groups excluding carboxylic acids is 1. The Hall–Kier alpha value is -1.68. The molecule has 1 aromatic heterocycles. The molecular formula is C15H17NO2S. The molecule has 3 nitrogen and oxygen atoms in total. The maximum Gasteiger partial charge on any atom is 0.358 e. The number of benzene rings is 1. The van der Waals surface area contributed by atoms with Gasteiger partial charge in [0.1, 0.15) is 5.01 Å². The van der Waals surface area contributed by atoms with Gasteiger partial charge < -0.3 is 4.74 Å². The standard InChI is InChI=1S/C15H17NO2S/c1-3-4-10-18-15(17)13-11(2)19-14(16-13)12-8-6-5-7-9-12/h5-9H,3-4,10H2,1-2H3. The molecule has 1 heterocycles. The Morgan fingerprint density at radius 1 is 1.32 bits per heavy atom. The lowest BCUT2D eigenvalue weighted by Gasteiger charge is -2.01. The third-order valence-corrected chi connectivity index (χ3v) is 3.76. The van der Waals surface area contributed by atoms with E-state index in [0.29, 0.717) is 12.3 Å². The zero-order valence-corrected chi connectivity index (χ0v) is 12.0. The molecule has 0 bridgehead atoms. The van der Waals surface area contributed by atoms with Crippen LogP contribution >= 0.6 is 11.3 Å². The van der Waals surface area contributed by atoms with E-state index in [-0.39, 0.29) is 5.97 Å². The number of hydrogen-bond acceptors (Lipinski definition) is 4. The lowest BCUT2D eigenvalue weighted by atomic mass is 10.2. The Balaban J connectivity index is 2.15. The number of nitrogens with zero attached hydrogens (tertiary/aromatic N) is 1. The maximum atomic E-state index is 11.9. The van der Waals surface area contributed by atoms with E-state index in [0.717, 1.165) is 28.3 Å². The van der Waals surface area contributed by atoms with Crippen molar-refractivity contribution in [1.82, 2.24) is 4.98 Å². The van der Waals surface area contributed by atoms with Gasteiger partial charge in [0, 0.05) is 10.4 Å². The fourth-order valence-electron chi connectivity index (χ4n) is 1.67. The van der Waals surface area contributed by atoms with E-state index < -0.39 is 0 Å². The minimum absolute atomic E-state index is 0.315. The normalized spacial score (nSPS) is 10.4. The van der Waals surface area contributed by atoms with Crippen LogP contribution in [0.25, 0.3) is 10.6 Å². The Labute approximate surface area is 117 Å². The van der Waals surface area contributed by atoms with Gasteiger partial charge in [-0.3, -0.25) is 0 Å². The Morgan fingerprint density at radius 2 is 2.05 bits per heavy atom. The first-order valence-electron chi connectivity index (χ1n) is 6.42. The van der Waals surface area contributed by atoms with Crippen LogP contribution in [0.2, 0.25) is 0 Å². The molecule has 1 aromatic carbocycles. The fourth-order valence-corrected chi connectivity index (χ4v) is 2.57. The predicted octanol–water partition coefficient (Wildman–Crippen LogP) is 4.08. The number of aromatic nitrogens is 1. The third-order valence-electron chi connectivity index (χ3n) is 2.74. The summed E-state index contributed by atoms with van der Waals surface area (Å²) in [4.78, 5) is 17.2. The first-order chi connectivity index (χ1) is 9.22. The molecule has 0 spiro atoms. The summed E-state index contributed by atoms with van der Waals surface area (Å²) < 4.78 is 5.20. The highest BCUT2D eigenvalue weighted by atomic mass is 32.1. The Bertz CT molecular complexity index is 549. The van der Waals surface area contributed by atoms with Gasteiger partial charge in [-0.2, -0.15) is 0 Å². The van der Waals surface area contributed by atoms with Crippen LogP contribution in [0.4, 0.5) is 0 Å². The summed E-state index contributed by atoms with van der Waals surface area (Å²) >= 11 is 1.52. The van der Waals surface area contributed by atoms with Crippen molar-refractivity contribution in [2.24, 2.45) is 0 Å². The third kappa shape index (κ3) is 3.41. The molecule has 0 aliphatic rings. The van der Waals surface area contributed by atoms with Gasteiger partial charge in [-0.25, -0.2) is 9.78 Å². The number of thiazole rings is 1. The zero-order chi connectivity index (χ0) is 13.7. The van der Waals surface area contributed by atoms with Crippen molar-refractivity contribution in [2.45, 2.75) is 26.7 Å². The van der Waals surface area contributed by atoms with Crippen LogP contribution in [0.5, 0.6) is 0 Å². The minimum atomic E-state index is -0.315. The second-order valence-electron chi connectivity index (χ2n) is 4.28. The summed E-state index contributed by atoms with van der Waals surface area (Å²) in [5.41, 5.74) is 1.48. The molecule has 0 fully saturated rings. The quantitative estimate of drug-likeness (QED) is 0.610. The molecule has 0 radical (unpaired) electrons. The number of ether oxygens (including phenoxy) is 1. The second kappa shape index (κ2) is 6.48. The van der Waals surface area contributed by atoms with E-state index in [1.54, 1.807) is 0 Å². The molecule has 0 aliphatic heterocycles. The molecule has 0 amide bonds. The second-order valence-corrected chi connectivity index (χ2v) is 5.48.